The van der Waals surface area contributed by atoms with Crippen molar-refractivity contribution in [3.8, 4) is 5.69 Å². The van der Waals surface area contributed by atoms with Crippen molar-refractivity contribution in [2.24, 2.45) is 12.0 Å². The summed E-state index contributed by atoms with van der Waals surface area (Å²) in [6.07, 6.45) is 0.0411. The quantitative estimate of drug-likeness (QED) is 0.475. The summed E-state index contributed by atoms with van der Waals surface area (Å²) in [4.78, 5) is 28.8. The number of aromatic nitrogens is 2. The first kappa shape index (κ1) is 17.0. The molecule has 0 N–H and O–H groups in total. The van der Waals surface area contributed by atoms with Gasteiger partial charge in [0.25, 0.3) is 11.8 Å². The van der Waals surface area contributed by atoms with Gasteiger partial charge in [0.05, 0.1) is 17.6 Å². The smallest absolute Gasteiger partial charge is 0.333 e. The van der Waals surface area contributed by atoms with Gasteiger partial charge >= 0.3 is 5.97 Å². The Balaban J connectivity index is 2.14. The Kier molecular flexibility index (Phi) is 4.50. The summed E-state index contributed by atoms with van der Waals surface area (Å²) in [7, 11) is 1.75. The molecule has 1 fully saturated rings. The molecule has 1 aliphatic heterocycles. The van der Waals surface area contributed by atoms with Gasteiger partial charge in [-0.2, -0.15) is 0 Å². The summed E-state index contributed by atoms with van der Waals surface area (Å²) in [5.41, 5.74) is 1.27. The van der Waals surface area contributed by atoms with Gasteiger partial charge in [0.15, 0.2) is 11.1 Å². The minimum atomic E-state index is -1.12. The average molecular weight is 362 g/mol. The Labute approximate surface area is 148 Å². The number of hydrogen-bond donors (Lipinski definition) is 0. The fourth-order valence-electron chi connectivity index (χ4n) is 2.57. The third-order valence-electron chi connectivity index (χ3n) is 3.92. The van der Waals surface area contributed by atoms with E-state index >= 15 is 0 Å². The van der Waals surface area contributed by atoms with Crippen LogP contribution in [0, 0.1) is 6.92 Å². The highest BCUT2D eigenvalue weighted by atomic mass is 35.5. The highest BCUT2D eigenvalue weighted by Gasteiger charge is 2.42. The fraction of sp³-hybridized carbons (Fsp3) is 0.235. The maximum absolute atomic E-state index is 12.9. The van der Waals surface area contributed by atoms with E-state index in [-0.39, 0.29) is 17.0 Å². The van der Waals surface area contributed by atoms with E-state index in [0.717, 1.165) is 6.26 Å². The molecule has 8 heteroatoms. The average Bonchev–Trinajstić information content (AvgIpc) is 2.98. The molecule has 2 heterocycles. The molecule has 0 bridgehead atoms. The lowest BCUT2D eigenvalue weighted by atomic mass is 10.3. The summed E-state index contributed by atoms with van der Waals surface area (Å²) >= 11 is 6.04. The predicted octanol–water partition coefficient (Wildman–Crippen LogP) is 2.21. The van der Waals surface area contributed by atoms with Crippen LogP contribution >= 0.6 is 11.6 Å². The Morgan fingerprint density at radius 1 is 1.32 bits per heavy atom. The van der Waals surface area contributed by atoms with Gasteiger partial charge in [0.1, 0.15) is 5.71 Å². The number of aliphatic imine (C=N–C) groups is 1. The molecule has 1 aliphatic rings. The molecule has 0 spiro atoms. The molecule has 25 heavy (non-hydrogen) atoms. The van der Waals surface area contributed by atoms with Crippen LogP contribution in [0.5, 0.6) is 0 Å². The van der Waals surface area contributed by atoms with Gasteiger partial charge < -0.3 is 9.47 Å². The van der Waals surface area contributed by atoms with Crippen LogP contribution in [-0.2, 0) is 21.3 Å². The molecular formula is C17H16ClN3O4. The molecule has 0 radical (unpaired) electrons. The molecule has 0 aliphatic carbocycles. The van der Waals surface area contributed by atoms with Crippen molar-refractivity contribution in [1.82, 2.24) is 9.36 Å². The third kappa shape index (κ3) is 2.87. The van der Waals surface area contributed by atoms with Crippen molar-refractivity contribution in [2.75, 3.05) is 0 Å². The number of ether oxygens (including phenoxy) is 2. The van der Waals surface area contributed by atoms with Crippen molar-refractivity contribution in [3.63, 3.8) is 0 Å². The third-order valence-corrected chi connectivity index (χ3v) is 4.32. The monoisotopic (exact) mass is 361 g/mol. The largest absolute Gasteiger partial charge is 0.458 e. The molecule has 2 atom stereocenters. The molecule has 0 amide bonds. The number of hydrogen-bond acceptors (Lipinski definition) is 5. The topological polar surface area (TPSA) is 74.8 Å². The standard InChI is InChI=1S/C17H16ClN3O4/c1-4-24-17-14(12(18)16(23)25-17)19-13-10(2)20(3)21(15(13)22)11-8-6-5-7-9-11/h4-9,12,17H,1H2,2-3H3. The molecule has 2 unspecified atom stereocenters. The lowest BCUT2D eigenvalue weighted by molar-refractivity contribution is -0.151. The normalized spacial score (nSPS) is 21.4. The molecular weight excluding hydrogens is 346 g/mol. The first-order valence-electron chi connectivity index (χ1n) is 7.49. The number of esters is 1. The van der Waals surface area contributed by atoms with Crippen LogP contribution in [0.2, 0.25) is 0 Å². The van der Waals surface area contributed by atoms with Gasteiger partial charge in [-0.25, -0.2) is 14.5 Å². The van der Waals surface area contributed by atoms with Crippen LogP contribution in [0.25, 0.3) is 5.69 Å². The number of rotatable bonds is 4. The van der Waals surface area contributed by atoms with E-state index in [1.54, 1.807) is 18.7 Å². The van der Waals surface area contributed by atoms with E-state index in [0.29, 0.717) is 11.4 Å². The lowest BCUT2D eigenvalue weighted by Crippen LogP contribution is -2.23. The first-order valence-corrected chi connectivity index (χ1v) is 7.92. The highest BCUT2D eigenvalue weighted by Crippen LogP contribution is 2.24. The molecule has 0 saturated carbocycles. The molecule has 1 aromatic carbocycles. The second kappa shape index (κ2) is 6.60. The fourth-order valence-corrected chi connectivity index (χ4v) is 2.78. The van der Waals surface area contributed by atoms with Crippen LogP contribution in [-0.4, -0.2) is 32.7 Å². The van der Waals surface area contributed by atoms with Gasteiger partial charge in [-0.1, -0.05) is 24.8 Å². The Hall–Kier alpha value is -2.80. The zero-order chi connectivity index (χ0) is 18.1. The van der Waals surface area contributed by atoms with Gasteiger partial charge in [0.2, 0.25) is 0 Å². The van der Waals surface area contributed by atoms with Crippen LogP contribution in [0.4, 0.5) is 5.69 Å². The number of benzene rings is 1. The van der Waals surface area contributed by atoms with Crippen LogP contribution in [0.15, 0.2) is 53.0 Å². The number of carbonyl (C=O) groups is 1. The maximum Gasteiger partial charge on any atom is 0.333 e. The second-order valence-corrected chi connectivity index (χ2v) is 5.82. The Morgan fingerprint density at radius 3 is 2.64 bits per heavy atom. The van der Waals surface area contributed by atoms with E-state index in [9.17, 15) is 9.59 Å². The van der Waals surface area contributed by atoms with Crippen molar-refractivity contribution in [3.05, 3.63) is 59.2 Å². The van der Waals surface area contributed by atoms with Crippen LogP contribution in [0.3, 0.4) is 0 Å². The van der Waals surface area contributed by atoms with Gasteiger partial charge in [-0.05, 0) is 19.1 Å². The first-order chi connectivity index (χ1) is 12.0. The van der Waals surface area contributed by atoms with Crippen molar-refractivity contribution >= 4 is 29.0 Å². The van der Waals surface area contributed by atoms with Crippen LogP contribution in [0.1, 0.15) is 5.69 Å². The minimum Gasteiger partial charge on any atom is -0.458 e. The SMILES string of the molecule is C=COC1OC(=O)C(Cl)C1=Nc1c(C)n(C)n(-c2ccccc2)c1=O. The van der Waals surface area contributed by atoms with E-state index in [2.05, 4.69) is 11.6 Å². The van der Waals surface area contributed by atoms with Crippen molar-refractivity contribution < 1.29 is 14.3 Å². The molecule has 3 rings (SSSR count). The number of nitrogens with zero attached hydrogens (tertiary/aromatic N) is 3. The Bertz CT molecular complexity index is 914. The number of alkyl halides is 1. The van der Waals surface area contributed by atoms with Gasteiger partial charge in [0, 0.05) is 7.05 Å². The van der Waals surface area contributed by atoms with E-state index in [1.807, 2.05) is 30.3 Å². The van der Waals surface area contributed by atoms with Crippen LogP contribution < -0.4 is 5.56 Å². The van der Waals surface area contributed by atoms with E-state index < -0.39 is 17.6 Å². The molecule has 1 aromatic heterocycles. The maximum atomic E-state index is 12.9. The minimum absolute atomic E-state index is 0.123. The summed E-state index contributed by atoms with van der Waals surface area (Å²) in [6.45, 7) is 5.18. The van der Waals surface area contributed by atoms with E-state index in [4.69, 9.17) is 21.1 Å². The zero-order valence-electron chi connectivity index (χ0n) is 13.7. The lowest BCUT2D eigenvalue weighted by Gasteiger charge is -2.08. The Morgan fingerprint density at radius 2 is 2.00 bits per heavy atom. The summed E-state index contributed by atoms with van der Waals surface area (Å²) in [5, 5.41) is -1.12. The number of cyclic esters (lactones) is 1. The molecule has 130 valence electrons. The second-order valence-electron chi connectivity index (χ2n) is 5.38. The zero-order valence-corrected chi connectivity index (χ0v) is 14.4. The number of halogens is 1. The molecule has 1 saturated heterocycles. The molecule has 7 nitrogen and oxygen atoms in total. The molecule has 2 aromatic rings. The number of carbonyl (C=O) groups excluding carboxylic acids is 1. The van der Waals surface area contributed by atoms with Crippen molar-refractivity contribution in [2.45, 2.75) is 18.6 Å². The summed E-state index contributed by atoms with van der Waals surface area (Å²) < 4.78 is 13.3. The van der Waals surface area contributed by atoms with Crippen molar-refractivity contribution in [1.29, 1.82) is 0 Å². The predicted molar refractivity (Wildman–Crippen MR) is 93.6 cm³/mol. The van der Waals surface area contributed by atoms with E-state index in [1.165, 1.54) is 4.68 Å². The summed E-state index contributed by atoms with van der Waals surface area (Å²) in [5.74, 6) is -0.677. The number of para-hydroxylation sites is 1. The highest BCUT2D eigenvalue weighted by molar-refractivity contribution is 6.44. The van der Waals surface area contributed by atoms with Gasteiger partial charge in [-0.15, -0.1) is 11.6 Å². The summed E-state index contributed by atoms with van der Waals surface area (Å²) in [6, 6.07) is 9.16. The van der Waals surface area contributed by atoms with Gasteiger partial charge in [-0.3, -0.25) is 9.48 Å².